The Bertz CT molecular complexity index is 518. The molecule has 1 N–H and O–H groups in total. The maximum atomic E-state index is 13.8. The highest BCUT2D eigenvalue weighted by Gasteiger charge is 2.34. The van der Waals surface area contributed by atoms with Gasteiger partial charge in [0.2, 0.25) is 5.91 Å². The fraction of sp³-hybridized carbons (Fsp3) is 0.611. The van der Waals surface area contributed by atoms with E-state index in [1.165, 1.54) is 12.5 Å². The minimum Gasteiger partial charge on any atom is -0.353 e. The number of benzene rings is 1. The van der Waals surface area contributed by atoms with Crippen LogP contribution < -0.4 is 5.32 Å². The average Bonchev–Trinajstić information content (AvgIpc) is 2.42. The Labute approximate surface area is 137 Å². The summed E-state index contributed by atoms with van der Waals surface area (Å²) in [7, 11) is 0. The van der Waals surface area contributed by atoms with E-state index in [2.05, 4.69) is 26.1 Å². The van der Waals surface area contributed by atoms with E-state index >= 15 is 0 Å². The van der Waals surface area contributed by atoms with E-state index in [9.17, 15) is 9.18 Å². The van der Waals surface area contributed by atoms with E-state index in [-0.39, 0.29) is 29.3 Å². The first-order valence-electron chi connectivity index (χ1n) is 8.01. The van der Waals surface area contributed by atoms with Crippen LogP contribution in [0.15, 0.2) is 18.2 Å². The molecule has 1 aromatic rings. The van der Waals surface area contributed by atoms with Crippen LogP contribution in [-0.2, 0) is 11.2 Å². The predicted molar refractivity (Wildman–Crippen MR) is 88.5 cm³/mol. The highest BCUT2D eigenvalue weighted by atomic mass is 35.5. The molecule has 1 saturated carbocycles. The van der Waals surface area contributed by atoms with Crippen LogP contribution in [0.3, 0.4) is 0 Å². The van der Waals surface area contributed by atoms with Gasteiger partial charge in [-0.3, -0.25) is 4.79 Å². The van der Waals surface area contributed by atoms with Crippen LogP contribution in [0.4, 0.5) is 4.39 Å². The molecule has 1 amide bonds. The highest BCUT2D eigenvalue weighted by Crippen LogP contribution is 2.38. The van der Waals surface area contributed by atoms with Crippen molar-refractivity contribution >= 4 is 17.5 Å². The molecule has 2 rings (SSSR count). The normalized spacial score (nSPS) is 22.4. The number of carbonyl (C=O) groups excluding carboxylic acids is 1. The Hall–Kier alpha value is -1.09. The van der Waals surface area contributed by atoms with Gasteiger partial charge in [0.25, 0.3) is 0 Å². The van der Waals surface area contributed by atoms with Crippen molar-refractivity contribution in [1.29, 1.82) is 0 Å². The molecule has 2 nitrogen and oxygen atoms in total. The third-order valence-corrected chi connectivity index (χ3v) is 4.98. The van der Waals surface area contributed by atoms with Crippen LogP contribution in [0.5, 0.6) is 0 Å². The van der Waals surface area contributed by atoms with Gasteiger partial charge in [-0.1, -0.05) is 51.3 Å². The molecular formula is C18H25ClFNO. The Morgan fingerprint density at radius 2 is 2.00 bits per heavy atom. The van der Waals surface area contributed by atoms with E-state index in [1.54, 1.807) is 12.1 Å². The van der Waals surface area contributed by atoms with Crippen molar-refractivity contribution in [2.75, 3.05) is 0 Å². The van der Waals surface area contributed by atoms with Crippen molar-refractivity contribution in [1.82, 2.24) is 5.32 Å². The molecule has 0 aliphatic heterocycles. The van der Waals surface area contributed by atoms with Crippen LogP contribution in [-0.4, -0.2) is 11.9 Å². The Morgan fingerprint density at radius 1 is 1.32 bits per heavy atom. The van der Waals surface area contributed by atoms with E-state index in [0.717, 1.165) is 19.3 Å². The summed E-state index contributed by atoms with van der Waals surface area (Å²) >= 11 is 6.00. The fourth-order valence-electron chi connectivity index (χ4n) is 3.46. The summed E-state index contributed by atoms with van der Waals surface area (Å²) in [5.74, 6) is -0.104. The van der Waals surface area contributed by atoms with Gasteiger partial charge in [-0.15, -0.1) is 0 Å². The van der Waals surface area contributed by atoms with Crippen molar-refractivity contribution in [2.24, 2.45) is 11.3 Å². The van der Waals surface area contributed by atoms with Crippen molar-refractivity contribution in [3.63, 3.8) is 0 Å². The Kier molecular flexibility index (Phi) is 5.49. The van der Waals surface area contributed by atoms with Gasteiger partial charge < -0.3 is 5.32 Å². The molecule has 2 atom stereocenters. The van der Waals surface area contributed by atoms with Gasteiger partial charge >= 0.3 is 0 Å². The standard InChI is InChI=1S/C18H25ClFNO/c1-18(2,3)13-7-4-5-10-16(13)21-17(22)11-12-14(19)8-6-9-15(12)20/h6,8-9,13,16H,4-5,7,10-11H2,1-3H3,(H,21,22)/t13-,16+/m0/s1. The van der Waals surface area contributed by atoms with Crippen molar-refractivity contribution < 1.29 is 9.18 Å². The largest absolute Gasteiger partial charge is 0.353 e. The summed E-state index contributed by atoms with van der Waals surface area (Å²) in [6, 6.07) is 4.68. The maximum Gasteiger partial charge on any atom is 0.224 e. The second-order valence-electron chi connectivity index (χ2n) is 7.31. The van der Waals surface area contributed by atoms with Crippen molar-refractivity contribution in [3.8, 4) is 0 Å². The number of nitrogens with one attached hydrogen (secondary N) is 1. The zero-order valence-corrected chi connectivity index (χ0v) is 14.3. The molecule has 0 bridgehead atoms. The molecule has 0 aromatic heterocycles. The number of carbonyl (C=O) groups is 1. The topological polar surface area (TPSA) is 29.1 Å². The van der Waals surface area contributed by atoms with Gasteiger partial charge in [-0.05, 0) is 36.3 Å². The highest BCUT2D eigenvalue weighted by molar-refractivity contribution is 6.31. The van der Waals surface area contributed by atoms with Crippen molar-refractivity contribution in [3.05, 3.63) is 34.6 Å². The van der Waals surface area contributed by atoms with Crippen LogP contribution >= 0.6 is 11.6 Å². The minimum absolute atomic E-state index is 0.00112. The first-order chi connectivity index (χ1) is 10.3. The number of hydrogen-bond donors (Lipinski definition) is 1. The summed E-state index contributed by atoms with van der Waals surface area (Å²) in [4.78, 5) is 12.3. The van der Waals surface area contributed by atoms with E-state index in [4.69, 9.17) is 11.6 Å². The van der Waals surface area contributed by atoms with E-state index in [1.807, 2.05) is 0 Å². The number of rotatable bonds is 3. The molecule has 122 valence electrons. The lowest BCUT2D eigenvalue weighted by atomic mass is 9.69. The van der Waals surface area contributed by atoms with Gasteiger partial charge in [-0.2, -0.15) is 0 Å². The average molecular weight is 326 g/mol. The summed E-state index contributed by atoms with van der Waals surface area (Å²) in [6.07, 6.45) is 4.48. The van der Waals surface area contributed by atoms with Crippen LogP contribution in [0.25, 0.3) is 0 Å². The molecule has 1 aliphatic rings. The molecule has 22 heavy (non-hydrogen) atoms. The molecule has 0 radical (unpaired) electrons. The quantitative estimate of drug-likeness (QED) is 0.854. The number of amides is 1. The molecule has 1 fully saturated rings. The third kappa shape index (κ3) is 4.22. The monoisotopic (exact) mass is 325 g/mol. The van der Waals surface area contributed by atoms with Gasteiger partial charge in [0.1, 0.15) is 5.82 Å². The molecule has 0 saturated heterocycles. The summed E-state index contributed by atoms with van der Waals surface area (Å²) < 4.78 is 13.8. The van der Waals surface area contributed by atoms with Crippen molar-refractivity contribution in [2.45, 2.75) is 58.9 Å². The summed E-state index contributed by atoms with van der Waals surface area (Å²) in [5.41, 5.74) is 0.443. The molecule has 1 aliphatic carbocycles. The minimum atomic E-state index is -0.418. The van der Waals surface area contributed by atoms with Gasteiger partial charge in [-0.25, -0.2) is 4.39 Å². The van der Waals surface area contributed by atoms with Gasteiger partial charge in [0.15, 0.2) is 0 Å². The molecule has 0 spiro atoms. The van der Waals surface area contributed by atoms with E-state index in [0.29, 0.717) is 10.9 Å². The molecule has 1 aromatic carbocycles. The number of hydrogen-bond acceptors (Lipinski definition) is 1. The molecule has 0 heterocycles. The maximum absolute atomic E-state index is 13.8. The van der Waals surface area contributed by atoms with Crippen LogP contribution in [0.1, 0.15) is 52.0 Å². The van der Waals surface area contributed by atoms with Crippen LogP contribution in [0, 0.1) is 17.2 Å². The molecule has 0 unspecified atom stereocenters. The van der Waals surface area contributed by atoms with Crippen LogP contribution in [0.2, 0.25) is 5.02 Å². The Balaban J connectivity index is 2.04. The second-order valence-corrected chi connectivity index (χ2v) is 7.72. The lowest BCUT2D eigenvalue weighted by molar-refractivity contribution is -0.122. The zero-order chi connectivity index (χ0) is 16.3. The lowest BCUT2D eigenvalue weighted by Crippen LogP contribution is -2.47. The SMILES string of the molecule is CC(C)(C)[C@H]1CCCC[C@H]1NC(=O)Cc1c(F)cccc1Cl. The smallest absolute Gasteiger partial charge is 0.224 e. The zero-order valence-electron chi connectivity index (χ0n) is 13.6. The first-order valence-corrected chi connectivity index (χ1v) is 8.39. The van der Waals surface area contributed by atoms with E-state index < -0.39 is 5.82 Å². The Morgan fingerprint density at radius 3 is 2.64 bits per heavy atom. The fourth-order valence-corrected chi connectivity index (χ4v) is 3.69. The molecule has 4 heteroatoms. The second kappa shape index (κ2) is 6.99. The summed E-state index contributed by atoms with van der Waals surface area (Å²) in [5, 5.41) is 3.43. The third-order valence-electron chi connectivity index (χ3n) is 4.62. The summed E-state index contributed by atoms with van der Waals surface area (Å²) in [6.45, 7) is 6.65. The lowest BCUT2D eigenvalue weighted by Gasteiger charge is -2.40. The van der Waals surface area contributed by atoms with Gasteiger partial charge in [0, 0.05) is 16.6 Å². The molecular weight excluding hydrogens is 301 g/mol. The number of halogens is 2. The first kappa shape index (κ1) is 17.3. The van der Waals surface area contributed by atoms with Gasteiger partial charge in [0.05, 0.1) is 6.42 Å². The predicted octanol–water partition coefficient (Wildman–Crippen LogP) is 4.74.